The van der Waals surface area contributed by atoms with Crippen LogP contribution in [0.25, 0.3) is 6.08 Å². The number of hydrogen-bond acceptors (Lipinski definition) is 5. The summed E-state index contributed by atoms with van der Waals surface area (Å²) >= 11 is 1.68. The maximum absolute atomic E-state index is 13.3. The van der Waals surface area contributed by atoms with E-state index in [4.69, 9.17) is 9.47 Å². The lowest BCUT2D eigenvalue weighted by Crippen LogP contribution is -2.62. The maximum atomic E-state index is 13.3. The van der Waals surface area contributed by atoms with Gasteiger partial charge in [0.15, 0.2) is 0 Å². The molecule has 4 nitrogen and oxygen atoms in total. The van der Waals surface area contributed by atoms with Crippen molar-refractivity contribution in [1.82, 2.24) is 9.88 Å². The fourth-order valence-electron chi connectivity index (χ4n) is 2.82. The summed E-state index contributed by atoms with van der Waals surface area (Å²) < 4.78 is 24.4. The van der Waals surface area contributed by atoms with E-state index in [0.717, 1.165) is 23.7 Å². The molecule has 1 aliphatic rings. The van der Waals surface area contributed by atoms with Gasteiger partial charge in [0.2, 0.25) is 5.88 Å². The highest BCUT2D eigenvalue weighted by atomic mass is 32.2. The zero-order valence-corrected chi connectivity index (χ0v) is 15.3. The Morgan fingerprint density at radius 1 is 1.32 bits per heavy atom. The van der Waals surface area contributed by atoms with Gasteiger partial charge >= 0.3 is 0 Å². The van der Waals surface area contributed by atoms with E-state index in [-0.39, 0.29) is 11.4 Å². The molecule has 0 unspecified atom stereocenters. The van der Waals surface area contributed by atoms with Crippen molar-refractivity contribution in [2.24, 2.45) is 0 Å². The van der Waals surface area contributed by atoms with Crippen molar-refractivity contribution in [3.63, 3.8) is 0 Å². The second kappa shape index (κ2) is 7.35. The first-order chi connectivity index (χ1) is 12.0. The van der Waals surface area contributed by atoms with Gasteiger partial charge in [0, 0.05) is 18.3 Å². The molecule has 1 aliphatic heterocycles. The van der Waals surface area contributed by atoms with Crippen LogP contribution in [0.3, 0.4) is 0 Å². The topological polar surface area (TPSA) is 34.6 Å². The quantitative estimate of drug-likeness (QED) is 0.777. The third-order valence-electron chi connectivity index (χ3n) is 3.99. The molecular formula is C19H21FN2O2S. The first-order valence-electron chi connectivity index (χ1n) is 7.97. The Hall–Kier alpha value is -2.21. The summed E-state index contributed by atoms with van der Waals surface area (Å²) in [5.74, 6) is 0.882. The summed E-state index contributed by atoms with van der Waals surface area (Å²) in [6.07, 6.45) is 5.93. The number of likely N-dealkylation sites (tertiary alicyclic amines) is 1. The number of benzene rings is 1. The number of nitrogens with zero attached hydrogens (tertiary/aromatic N) is 2. The van der Waals surface area contributed by atoms with Crippen LogP contribution in [0.4, 0.5) is 4.39 Å². The van der Waals surface area contributed by atoms with Crippen LogP contribution in [-0.2, 0) is 0 Å². The molecule has 0 N–H and O–H groups in total. The Labute approximate surface area is 151 Å². The van der Waals surface area contributed by atoms with Crippen LogP contribution >= 0.6 is 11.8 Å². The summed E-state index contributed by atoms with van der Waals surface area (Å²) in [6.45, 7) is 3.54. The molecule has 1 aromatic heterocycles. The molecule has 0 saturated carbocycles. The van der Waals surface area contributed by atoms with Gasteiger partial charge in [-0.15, -0.1) is 11.8 Å². The molecule has 2 heterocycles. The molecule has 0 amide bonds. The number of hydrogen-bond donors (Lipinski definition) is 0. The first kappa shape index (κ1) is 17.6. The Balaban J connectivity index is 1.65. The van der Waals surface area contributed by atoms with Gasteiger partial charge in [-0.2, -0.15) is 0 Å². The van der Waals surface area contributed by atoms with Crippen LogP contribution in [0.15, 0.2) is 47.6 Å². The van der Waals surface area contributed by atoms with Crippen molar-refractivity contribution >= 4 is 17.8 Å². The van der Waals surface area contributed by atoms with Gasteiger partial charge < -0.3 is 14.4 Å². The van der Waals surface area contributed by atoms with Crippen LogP contribution < -0.4 is 9.47 Å². The third-order valence-corrected chi connectivity index (χ3v) is 4.78. The normalized spacial score (nSPS) is 16.3. The SMILES string of the molecule is COc1ccc(/C=C(\SC)N2CC(C)(Oc3cccc(F)c3)C2)cn1. The summed E-state index contributed by atoms with van der Waals surface area (Å²) in [5.41, 5.74) is 0.700. The van der Waals surface area contributed by atoms with Gasteiger partial charge in [-0.05, 0) is 43.0 Å². The molecule has 1 fully saturated rings. The fraction of sp³-hybridized carbons (Fsp3) is 0.316. The Morgan fingerprint density at radius 3 is 2.72 bits per heavy atom. The number of thioether (sulfide) groups is 1. The molecule has 0 atom stereocenters. The molecule has 1 saturated heterocycles. The monoisotopic (exact) mass is 360 g/mol. The smallest absolute Gasteiger partial charge is 0.212 e. The molecule has 25 heavy (non-hydrogen) atoms. The Morgan fingerprint density at radius 2 is 2.12 bits per heavy atom. The van der Waals surface area contributed by atoms with E-state index >= 15 is 0 Å². The molecule has 2 aromatic rings. The van der Waals surface area contributed by atoms with Gasteiger partial charge in [0.05, 0.1) is 25.2 Å². The second-order valence-electron chi connectivity index (χ2n) is 6.19. The van der Waals surface area contributed by atoms with E-state index < -0.39 is 0 Å². The highest BCUT2D eigenvalue weighted by Crippen LogP contribution is 2.34. The van der Waals surface area contributed by atoms with Crippen LogP contribution in [-0.4, -0.2) is 41.9 Å². The van der Waals surface area contributed by atoms with E-state index in [1.54, 1.807) is 37.2 Å². The molecule has 132 valence electrons. The highest BCUT2D eigenvalue weighted by Gasteiger charge is 2.41. The van der Waals surface area contributed by atoms with Gasteiger partial charge in [0.1, 0.15) is 17.2 Å². The number of aromatic nitrogens is 1. The summed E-state index contributed by atoms with van der Waals surface area (Å²) in [4.78, 5) is 6.47. The lowest BCUT2D eigenvalue weighted by atomic mass is 9.96. The highest BCUT2D eigenvalue weighted by molar-refractivity contribution is 8.02. The van der Waals surface area contributed by atoms with Gasteiger partial charge in [-0.25, -0.2) is 9.37 Å². The van der Waals surface area contributed by atoms with Gasteiger partial charge in [0.25, 0.3) is 0 Å². The zero-order chi connectivity index (χ0) is 17.9. The maximum Gasteiger partial charge on any atom is 0.212 e. The van der Waals surface area contributed by atoms with Gasteiger partial charge in [-0.3, -0.25) is 0 Å². The molecule has 0 bridgehead atoms. The van der Waals surface area contributed by atoms with Crippen molar-refractivity contribution in [2.45, 2.75) is 12.5 Å². The fourth-order valence-corrected chi connectivity index (χ4v) is 3.46. The average Bonchev–Trinajstić information content (AvgIpc) is 2.58. The van der Waals surface area contributed by atoms with Crippen LogP contribution in [0.1, 0.15) is 12.5 Å². The van der Waals surface area contributed by atoms with E-state index in [9.17, 15) is 4.39 Å². The van der Waals surface area contributed by atoms with Crippen LogP contribution in [0.2, 0.25) is 0 Å². The third kappa shape index (κ3) is 4.25. The first-order valence-corrected chi connectivity index (χ1v) is 9.19. The summed E-state index contributed by atoms with van der Waals surface area (Å²) in [7, 11) is 1.60. The Kier molecular flexibility index (Phi) is 5.18. The number of ether oxygens (including phenoxy) is 2. The minimum Gasteiger partial charge on any atom is -0.484 e. The summed E-state index contributed by atoms with van der Waals surface area (Å²) in [6, 6.07) is 10.1. The summed E-state index contributed by atoms with van der Waals surface area (Å²) in [5, 5.41) is 1.15. The standard InChI is InChI=1S/C19H21FN2O2S/c1-19(24-16-6-4-5-15(20)10-16)12-22(13-19)18(25-3)9-14-7-8-17(23-2)21-11-14/h4-11H,12-13H2,1-3H3/b18-9-. The molecule has 0 spiro atoms. The average molecular weight is 360 g/mol. The van der Waals surface area contributed by atoms with E-state index in [1.165, 1.54) is 12.1 Å². The number of halogens is 1. The number of rotatable bonds is 6. The second-order valence-corrected chi connectivity index (χ2v) is 7.01. The number of methoxy groups -OCH3 is 1. The predicted octanol–water partition coefficient (Wildman–Crippen LogP) is 4.04. The van der Waals surface area contributed by atoms with E-state index in [2.05, 4.69) is 16.0 Å². The molecule has 0 radical (unpaired) electrons. The van der Waals surface area contributed by atoms with Crippen molar-refractivity contribution in [1.29, 1.82) is 0 Å². The van der Waals surface area contributed by atoms with Crippen LogP contribution in [0.5, 0.6) is 11.6 Å². The minimum absolute atomic E-state index is 0.283. The largest absolute Gasteiger partial charge is 0.484 e. The molecule has 3 rings (SSSR count). The minimum atomic E-state index is -0.319. The van der Waals surface area contributed by atoms with Crippen molar-refractivity contribution < 1.29 is 13.9 Å². The molecular weight excluding hydrogens is 339 g/mol. The van der Waals surface area contributed by atoms with Gasteiger partial charge in [-0.1, -0.05) is 6.07 Å². The lowest BCUT2D eigenvalue weighted by Gasteiger charge is -2.49. The lowest BCUT2D eigenvalue weighted by molar-refractivity contribution is -0.0402. The molecule has 1 aromatic carbocycles. The van der Waals surface area contributed by atoms with Crippen molar-refractivity contribution in [3.8, 4) is 11.6 Å². The van der Waals surface area contributed by atoms with E-state index in [1.807, 2.05) is 25.3 Å². The van der Waals surface area contributed by atoms with E-state index in [0.29, 0.717) is 11.6 Å². The number of pyridine rings is 1. The Bertz CT molecular complexity index is 758. The van der Waals surface area contributed by atoms with Crippen LogP contribution in [0, 0.1) is 5.82 Å². The predicted molar refractivity (Wildman–Crippen MR) is 99.3 cm³/mol. The molecule has 0 aliphatic carbocycles. The molecule has 6 heteroatoms. The van der Waals surface area contributed by atoms with Crippen molar-refractivity contribution in [3.05, 3.63) is 59.0 Å². The zero-order valence-electron chi connectivity index (χ0n) is 14.5. The van der Waals surface area contributed by atoms with Crippen molar-refractivity contribution in [2.75, 3.05) is 26.5 Å².